The number of benzene rings is 1. The molecule has 2 rings (SSSR count). The van der Waals surface area contributed by atoms with Gasteiger partial charge in [0, 0.05) is 44.0 Å². The van der Waals surface area contributed by atoms with Crippen molar-refractivity contribution in [1.29, 1.82) is 5.26 Å². The molecule has 0 radical (unpaired) electrons. The third-order valence-electron chi connectivity index (χ3n) is 5.56. The average Bonchev–Trinajstić information content (AvgIpc) is 2.73. The Morgan fingerprint density at radius 2 is 1.76 bits per heavy atom. The van der Waals surface area contributed by atoms with Gasteiger partial charge in [0.15, 0.2) is 4.91 Å². The zero-order valence-corrected chi connectivity index (χ0v) is 22.2. The zero-order chi connectivity index (χ0) is 25.4. The molecule has 34 heavy (non-hydrogen) atoms. The molecule has 1 aliphatic rings. The van der Waals surface area contributed by atoms with Gasteiger partial charge in [-0.2, -0.15) is 5.26 Å². The first-order valence-electron chi connectivity index (χ1n) is 11.8. The first-order valence-corrected chi connectivity index (χ1v) is 13.2. The number of rotatable bonds is 11. The summed E-state index contributed by atoms with van der Waals surface area (Å²) in [6.07, 6.45) is 0.478. The van der Waals surface area contributed by atoms with Crippen LogP contribution in [0.2, 0.25) is 0 Å². The van der Waals surface area contributed by atoms with Crippen LogP contribution in [0.3, 0.4) is 0 Å². The molecule has 1 fully saturated rings. The average molecular weight is 493 g/mol. The molecular formula is C25H40N4O4S. The Balaban J connectivity index is 2.03. The largest absolute Gasteiger partial charge is 0.384 e. The van der Waals surface area contributed by atoms with Gasteiger partial charge in [-0.1, -0.05) is 12.1 Å². The molecule has 0 spiro atoms. The number of nitriles is 1. The lowest BCUT2D eigenvalue weighted by atomic mass is 10.0. The van der Waals surface area contributed by atoms with Crippen LogP contribution in [0.4, 0.5) is 5.69 Å². The molecule has 0 atom stereocenters. The molecule has 1 aromatic carbocycles. The van der Waals surface area contributed by atoms with Gasteiger partial charge < -0.3 is 14.8 Å². The van der Waals surface area contributed by atoms with E-state index in [1.807, 2.05) is 51.1 Å². The topological polar surface area (TPSA) is 104 Å². The Hall–Kier alpha value is -1.96. The van der Waals surface area contributed by atoms with Crippen LogP contribution in [0, 0.1) is 11.3 Å². The van der Waals surface area contributed by atoms with Crippen molar-refractivity contribution in [3.8, 4) is 6.07 Å². The smallest absolute Gasteiger partial charge is 0.251 e. The van der Waals surface area contributed by atoms with Gasteiger partial charge in [0.2, 0.25) is 0 Å². The zero-order valence-electron chi connectivity index (χ0n) is 21.4. The molecule has 0 saturated carbocycles. The van der Waals surface area contributed by atoms with E-state index in [-0.39, 0.29) is 10.5 Å². The number of hydrogen-bond donors (Lipinski definition) is 2. The Morgan fingerprint density at radius 3 is 2.32 bits per heavy atom. The van der Waals surface area contributed by atoms with E-state index >= 15 is 0 Å². The lowest BCUT2D eigenvalue weighted by Gasteiger charge is -2.28. The van der Waals surface area contributed by atoms with Gasteiger partial charge in [0.25, 0.3) is 10.0 Å². The summed E-state index contributed by atoms with van der Waals surface area (Å²) in [5.74, 6) is 0. The van der Waals surface area contributed by atoms with E-state index < -0.39 is 15.6 Å². The Kier molecular flexibility index (Phi) is 10.1. The number of nitrogens with one attached hydrogen (secondary N) is 2. The second-order valence-electron chi connectivity index (χ2n) is 10.2. The van der Waals surface area contributed by atoms with Crippen molar-refractivity contribution in [2.24, 2.45) is 0 Å². The van der Waals surface area contributed by atoms with Crippen LogP contribution in [-0.4, -0.2) is 70.5 Å². The van der Waals surface area contributed by atoms with Crippen LogP contribution in [0.1, 0.15) is 53.5 Å². The van der Waals surface area contributed by atoms with Crippen LogP contribution in [-0.2, 0) is 19.5 Å². The van der Waals surface area contributed by atoms with Crippen molar-refractivity contribution in [2.75, 3.05) is 51.3 Å². The van der Waals surface area contributed by atoms with E-state index in [2.05, 4.69) is 14.9 Å². The van der Waals surface area contributed by atoms with Gasteiger partial charge in [0.05, 0.1) is 18.8 Å². The number of sulfonamides is 1. The Morgan fingerprint density at radius 1 is 1.15 bits per heavy atom. The van der Waals surface area contributed by atoms with Gasteiger partial charge in [-0.25, -0.2) is 13.1 Å². The maximum Gasteiger partial charge on any atom is 0.251 e. The number of ether oxygens (including phenoxy) is 2. The van der Waals surface area contributed by atoms with Crippen LogP contribution in [0.5, 0.6) is 0 Å². The highest BCUT2D eigenvalue weighted by atomic mass is 32.2. The lowest BCUT2D eigenvalue weighted by molar-refractivity contribution is -0.0102. The van der Waals surface area contributed by atoms with E-state index in [9.17, 15) is 13.7 Å². The standard InChI is InChI=1S/C25H40N4O4S/c1-20(21-7-9-22(10-8-21)27-12-13-29-14-17-32-18-15-29)23(19-26)34(30,31)28-25(5,6)11-16-33-24(2,3)4/h7-10,27-28H,11-18H2,1-6H3/b23-20+. The highest BCUT2D eigenvalue weighted by molar-refractivity contribution is 7.94. The molecule has 9 heteroatoms. The summed E-state index contributed by atoms with van der Waals surface area (Å²) in [7, 11) is -4.00. The minimum Gasteiger partial charge on any atom is -0.384 e. The van der Waals surface area contributed by atoms with E-state index in [1.54, 1.807) is 20.8 Å². The number of allylic oxidation sites excluding steroid dienone is 2. The summed E-state index contributed by atoms with van der Waals surface area (Å²) < 4.78 is 39.9. The van der Waals surface area contributed by atoms with Gasteiger partial charge in [-0.3, -0.25) is 4.90 Å². The third-order valence-corrected chi connectivity index (χ3v) is 7.32. The van der Waals surface area contributed by atoms with Gasteiger partial charge >= 0.3 is 0 Å². The normalized spacial score (nSPS) is 16.6. The number of hydrogen-bond acceptors (Lipinski definition) is 7. The van der Waals surface area contributed by atoms with Crippen molar-refractivity contribution in [3.63, 3.8) is 0 Å². The first kappa shape index (κ1) is 28.3. The fourth-order valence-electron chi connectivity index (χ4n) is 3.58. The molecule has 1 heterocycles. The fourth-order valence-corrected chi connectivity index (χ4v) is 5.15. The second-order valence-corrected chi connectivity index (χ2v) is 11.8. The molecule has 0 unspecified atom stereocenters. The van der Waals surface area contributed by atoms with E-state index in [1.165, 1.54) is 0 Å². The second kappa shape index (κ2) is 12.1. The SMILES string of the molecule is C/C(=C(/C#N)S(=O)(=O)NC(C)(C)CCOC(C)(C)C)c1ccc(NCCN2CCOCC2)cc1. The molecule has 0 aliphatic carbocycles. The molecule has 1 aliphatic heterocycles. The van der Waals surface area contributed by atoms with E-state index in [0.717, 1.165) is 45.1 Å². The van der Waals surface area contributed by atoms with Gasteiger partial charge in [0.1, 0.15) is 6.07 Å². The quantitative estimate of drug-likeness (QED) is 0.455. The minimum atomic E-state index is -4.00. The summed E-state index contributed by atoms with van der Waals surface area (Å²) in [5, 5.41) is 13.1. The first-order chi connectivity index (χ1) is 15.8. The van der Waals surface area contributed by atoms with Crippen LogP contribution < -0.4 is 10.0 Å². The van der Waals surface area contributed by atoms with Crippen molar-refractivity contribution >= 4 is 21.3 Å². The van der Waals surface area contributed by atoms with Gasteiger partial charge in [-0.05, 0) is 71.2 Å². The van der Waals surface area contributed by atoms with Crippen molar-refractivity contribution in [2.45, 2.75) is 59.1 Å². The lowest BCUT2D eigenvalue weighted by Crippen LogP contribution is -2.45. The molecule has 0 bridgehead atoms. The molecule has 190 valence electrons. The van der Waals surface area contributed by atoms with Crippen LogP contribution >= 0.6 is 0 Å². The maximum absolute atomic E-state index is 13.1. The predicted octanol–water partition coefficient (Wildman–Crippen LogP) is 3.59. The summed E-state index contributed by atoms with van der Waals surface area (Å²) in [6.45, 7) is 16.7. The highest BCUT2D eigenvalue weighted by Crippen LogP contribution is 2.25. The molecule has 1 saturated heterocycles. The minimum absolute atomic E-state index is 0.273. The summed E-state index contributed by atoms with van der Waals surface area (Å²) >= 11 is 0. The molecular weight excluding hydrogens is 452 g/mol. The fraction of sp³-hybridized carbons (Fsp3) is 0.640. The van der Waals surface area contributed by atoms with Crippen molar-refractivity contribution in [3.05, 3.63) is 34.7 Å². The predicted molar refractivity (Wildman–Crippen MR) is 137 cm³/mol. The number of morpholine rings is 1. The molecule has 8 nitrogen and oxygen atoms in total. The maximum atomic E-state index is 13.1. The van der Waals surface area contributed by atoms with E-state index in [0.29, 0.717) is 24.2 Å². The van der Waals surface area contributed by atoms with Crippen molar-refractivity contribution < 1.29 is 17.9 Å². The van der Waals surface area contributed by atoms with Crippen LogP contribution in [0.15, 0.2) is 29.2 Å². The molecule has 2 N–H and O–H groups in total. The van der Waals surface area contributed by atoms with E-state index in [4.69, 9.17) is 9.47 Å². The number of nitrogens with zero attached hydrogens (tertiary/aromatic N) is 2. The van der Waals surface area contributed by atoms with Crippen molar-refractivity contribution in [1.82, 2.24) is 9.62 Å². The van der Waals surface area contributed by atoms with Gasteiger partial charge in [-0.15, -0.1) is 0 Å². The highest BCUT2D eigenvalue weighted by Gasteiger charge is 2.30. The molecule has 0 aromatic heterocycles. The Bertz CT molecular complexity index is 968. The Labute approximate surface area is 205 Å². The third kappa shape index (κ3) is 9.35. The molecule has 0 amide bonds. The number of anilines is 1. The summed E-state index contributed by atoms with van der Waals surface area (Å²) in [6, 6.07) is 9.37. The monoisotopic (exact) mass is 492 g/mol. The molecule has 1 aromatic rings. The van der Waals surface area contributed by atoms with Crippen LogP contribution in [0.25, 0.3) is 5.57 Å². The summed E-state index contributed by atoms with van der Waals surface area (Å²) in [5.41, 5.74) is 0.989. The summed E-state index contributed by atoms with van der Waals surface area (Å²) in [4.78, 5) is 2.08.